The Labute approximate surface area is 163 Å². The van der Waals surface area contributed by atoms with Crippen LogP contribution in [0.3, 0.4) is 0 Å². The van der Waals surface area contributed by atoms with Gasteiger partial charge in [-0.15, -0.1) is 0 Å². The first kappa shape index (κ1) is 19.2. The van der Waals surface area contributed by atoms with Gasteiger partial charge in [0.2, 0.25) is 0 Å². The lowest BCUT2D eigenvalue weighted by Gasteiger charge is -2.07. The first-order chi connectivity index (χ1) is 13.6. The Morgan fingerprint density at radius 2 is 1.75 bits per heavy atom. The predicted molar refractivity (Wildman–Crippen MR) is 106 cm³/mol. The van der Waals surface area contributed by atoms with Crippen LogP contribution in [-0.4, -0.2) is 28.4 Å². The monoisotopic (exact) mass is 378 g/mol. The van der Waals surface area contributed by atoms with Crippen molar-refractivity contribution in [2.24, 2.45) is 0 Å². The van der Waals surface area contributed by atoms with Crippen LogP contribution < -0.4 is 10.9 Å². The molecule has 3 rings (SSSR count). The number of benzene rings is 2. The summed E-state index contributed by atoms with van der Waals surface area (Å²) in [5.74, 6) is -0.470. The van der Waals surface area contributed by atoms with Gasteiger partial charge in [-0.1, -0.05) is 60.2 Å². The molecular formula is C21H22N4O3. The van der Waals surface area contributed by atoms with E-state index in [0.29, 0.717) is 17.8 Å². The summed E-state index contributed by atoms with van der Waals surface area (Å²) in [6.07, 6.45) is 0.953. The third kappa shape index (κ3) is 4.76. The van der Waals surface area contributed by atoms with Crippen LogP contribution in [0.1, 0.15) is 28.4 Å². The molecular weight excluding hydrogens is 356 g/mol. The average molecular weight is 378 g/mol. The number of hydrogen-bond acceptors (Lipinski definition) is 4. The van der Waals surface area contributed by atoms with E-state index in [1.807, 2.05) is 61.5 Å². The number of aryl methyl sites for hydroxylation is 1. The van der Waals surface area contributed by atoms with E-state index in [1.165, 1.54) is 0 Å². The van der Waals surface area contributed by atoms with Crippen LogP contribution >= 0.6 is 0 Å². The number of rotatable bonds is 5. The second-order valence-corrected chi connectivity index (χ2v) is 6.24. The second kappa shape index (κ2) is 8.85. The van der Waals surface area contributed by atoms with E-state index in [9.17, 15) is 9.59 Å². The summed E-state index contributed by atoms with van der Waals surface area (Å²) in [6, 6.07) is 17.6. The van der Waals surface area contributed by atoms with Gasteiger partial charge in [-0.05, 0) is 19.4 Å². The van der Waals surface area contributed by atoms with Gasteiger partial charge in [-0.25, -0.2) is 10.2 Å². The van der Waals surface area contributed by atoms with E-state index in [0.717, 1.165) is 16.7 Å². The van der Waals surface area contributed by atoms with Crippen LogP contribution in [0.25, 0.3) is 11.3 Å². The highest BCUT2D eigenvalue weighted by atomic mass is 16.5. The molecule has 0 spiro atoms. The van der Waals surface area contributed by atoms with E-state index < -0.39 is 12.0 Å². The third-order valence-corrected chi connectivity index (χ3v) is 4.07. The van der Waals surface area contributed by atoms with E-state index >= 15 is 0 Å². The van der Waals surface area contributed by atoms with Gasteiger partial charge in [0, 0.05) is 11.8 Å². The molecule has 0 aliphatic heterocycles. The number of nitrogens with zero attached hydrogens (tertiary/aromatic N) is 2. The number of carbonyl (C=O) groups excluding carboxylic acids is 2. The Morgan fingerprint density at radius 1 is 1.04 bits per heavy atom. The lowest BCUT2D eigenvalue weighted by atomic mass is 10.1. The molecule has 3 aromatic rings. The zero-order chi connectivity index (χ0) is 19.9. The van der Waals surface area contributed by atoms with Crippen LogP contribution in [0.15, 0.2) is 60.8 Å². The van der Waals surface area contributed by atoms with Crippen molar-refractivity contribution >= 4 is 12.0 Å². The molecule has 0 radical (unpaired) electrons. The Hall–Kier alpha value is -3.61. The van der Waals surface area contributed by atoms with Crippen molar-refractivity contribution in [1.82, 2.24) is 20.6 Å². The van der Waals surface area contributed by atoms with Gasteiger partial charge in [-0.3, -0.25) is 14.9 Å². The highest BCUT2D eigenvalue weighted by Gasteiger charge is 2.19. The zero-order valence-electron chi connectivity index (χ0n) is 15.8. The lowest BCUT2D eigenvalue weighted by Crippen LogP contribution is -2.42. The Bertz CT molecular complexity index is 950. The molecule has 7 nitrogen and oxygen atoms in total. The van der Waals surface area contributed by atoms with Crippen molar-refractivity contribution in [3.8, 4) is 11.3 Å². The van der Waals surface area contributed by atoms with E-state index in [-0.39, 0.29) is 6.61 Å². The highest BCUT2D eigenvalue weighted by Crippen LogP contribution is 2.23. The van der Waals surface area contributed by atoms with E-state index in [1.54, 1.807) is 17.8 Å². The van der Waals surface area contributed by atoms with Gasteiger partial charge in [0.15, 0.2) is 0 Å². The summed E-state index contributed by atoms with van der Waals surface area (Å²) in [4.78, 5) is 24.1. The smallest absolute Gasteiger partial charge is 0.426 e. The van der Waals surface area contributed by atoms with Crippen molar-refractivity contribution in [1.29, 1.82) is 0 Å². The van der Waals surface area contributed by atoms with Crippen molar-refractivity contribution in [3.05, 3.63) is 77.5 Å². The molecule has 0 bridgehead atoms. The van der Waals surface area contributed by atoms with Gasteiger partial charge in [0.05, 0.1) is 18.7 Å². The number of amides is 2. The summed E-state index contributed by atoms with van der Waals surface area (Å²) in [5, 5.41) is 4.60. The van der Waals surface area contributed by atoms with Crippen molar-refractivity contribution in [2.45, 2.75) is 20.4 Å². The van der Waals surface area contributed by atoms with Gasteiger partial charge >= 0.3 is 6.09 Å². The molecule has 0 saturated heterocycles. The van der Waals surface area contributed by atoms with Crippen LogP contribution in [-0.2, 0) is 11.3 Å². The van der Waals surface area contributed by atoms with E-state index in [2.05, 4.69) is 16.0 Å². The molecule has 0 aliphatic carbocycles. The summed E-state index contributed by atoms with van der Waals surface area (Å²) in [5.41, 5.74) is 8.49. The first-order valence-electron chi connectivity index (χ1n) is 8.98. The quantitative estimate of drug-likeness (QED) is 0.667. The summed E-state index contributed by atoms with van der Waals surface area (Å²) >= 11 is 0. The van der Waals surface area contributed by atoms with Gasteiger partial charge in [-0.2, -0.15) is 5.10 Å². The maximum atomic E-state index is 12.6. The molecule has 144 valence electrons. The molecule has 7 heteroatoms. The molecule has 1 aromatic heterocycles. The molecule has 0 unspecified atom stereocenters. The van der Waals surface area contributed by atoms with Crippen LogP contribution in [0, 0.1) is 6.92 Å². The molecule has 0 saturated carbocycles. The van der Waals surface area contributed by atoms with E-state index in [4.69, 9.17) is 4.74 Å². The van der Waals surface area contributed by atoms with Gasteiger partial charge < -0.3 is 4.74 Å². The molecule has 2 amide bonds. The molecule has 2 N–H and O–H groups in total. The predicted octanol–water partition coefficient (Wildman–Crippen LogP) is 3.30. The average Bonchev–Trinajstić information content (AvgIpc) is 3.11. The number of carbonyl (C=O) groups is 2. The fourth-order valence-corrected chi connectivity index (χ4v) is 2.71. The SMILES string of the molecule is CCOC(=O)NNC(=O)c1cn(Cc2ccccc2)nc1-c1ccc(C)cc1. The largest absolute Gasteiger partial charge is 0.449 e. The molecule has 2 aromatic carbocycles. The summed E-state index contributed by atoms with van der Waals surface area (Å²) in [7, 11) is 0. The minimum atomic E-state index is -0.718. The maximum Gasteiger partial charge on any atom is 0.426 e. The minimum Gasteiger partial charge on any atom is -0.449 e. The Balaban J connectivity index is 1.88. The fraction of sp³-hybridized carbons (Fsp3) is 0.190. The number of ether oxygens (including phenoxy) is 1. The number of nitrogens with one attached hydrogen (secondary N) is 2. The van der Waals surface area contributed by atoms with Crippen molar-refractivity contribution < 1.29 is 14.3 Å². The van der Waals surface area contributed by atoms with Crippen LogP contribution in [0.4, 0.5) is 4.79 Å². The maximum absolute atomic E-state index is 12.6. The van der Waals surface area contributed by atoms with Crippen LogP contribution in [0.5, 0.6) is 0 Å². The normalized spacial score (nSPS) is 10.4. The standard InChI is InChI=1S/C21H22N4O3/c1-3-28-21(27)23-22-20(26)18-14-25(13-16-7-5-4-6-8-16)24-19(18)17-11-9-15(2)10-12-17/h4-12,14H,3,13H2,1-2H3,(H,22,26)(H,23,27). The molecule has 0 aliphatic rings. The molecule has 0 atom stereocenters. The Kier molecular flexibility index (Phi) is 6.06. The number of aromatic nitrogens is 2. The van der Waals surface area contributed by atoms with Crippen LogP contribution in [0.2, 0.25) is 0 Å². The number of hydrazine groups is 1. The van der Waals surface area contributed by atoms with Gasteiger partial charge in [0.25, 0.3) is 5.91 Å². The zero-order valence-corrected chi connectivity index (χ0v) is 15.8. The highest BCUT2D eigenvalue weighted by molar-refractivity contribution is 6.00. The van der Waals surface area contributed by atoms with Crippen molar-refractivity contribution in [2.75, 3.05) is 6.61 Å². The van der Waals surface area contributed by atoms with Gasteiger partial charge in [0.1, 0.15) is 5.69 Å². The Morgan fingerprint density at radius 3 is 2.43 bits per heavy atom. The number of hydrogen-bond donors (Lipinski definition) is 2. The third-order valence-electron chi connectivity index (χ3n) is 4.07. The summed E-state index contributed by atoms with van der Waals surface area (Å²) in [6.45, 7) is 4.42. The molecule has 28 heavy (non-hydrogen) atoms. The topological polar surface area (TPSA) is 85.3 Å². The first-order valence-corrected chi connectivity index (χ1v) is 8.98. The minimum absolute atomic E-state index is 0.214. The molecule has 0 fully saturated rings. The lowest BCUT2D eigenvalue weighted by molar-refractivity contribution is 0.0913. The van der Waals surface area contributed by atoms with Crippen molar-refractivity contribution in [3.63, 3.8) is 0 Å². The molecule has 1 heterocycles. The summed E-state index contributed by atoms with van der Waals surface area (Å²) < 4.78 is 6.47. The fourth-order valence-electron chi connectivity index (χ4n) is 2.71. The second-order valence-electron chi connectivity index (χ2n) is 6.24.